The minimum Gasteiger partial charge on any atom is -0.505 e. The van der Waals surface area contributed by atoms with Crippen LogP contribution in [-0.4, -0.2) is 43.9 Å². The Morgan fingerprint density at radius 2 is 1.79 bits per heavy atom. The van der Waals surface area contributed by atoms with E-state index in [2.05, 4.69) is 6.92 Å². The number of benzene rings is 1. The molecular formula is C14H21BFNO2. The number of hydrogen-bond donors (Lipinski definition) is 0. The van der Waals surface area contributed by atoms with Gasteiger partial charge in [0, 0.05) is 6.54 Å². The first-order chi connectivity index (χ1) is 9.22. The minimum absolute atomic E-state index is 0.210. The number of quaternary nitrogens is 1. The van der Waals surface area contributed by atoms with Crippen LogP contribution in [0.1, 0.15) is 19.8 Å². The topological polar surface area (TPSA) is 18.5 Å². The second-order valence-corrected chi connectivity index (χ2v) is 5.71. The number of hydrogen-bond acceptors (Lipinski definition) is 2. The summed E-state index contributed by atoms with van der Waals surface area (Å²) in [6.07, 6.45) is 2.35. The van der Waals surface area contributed by atoms with Gasteiger partial charge in [-0.1, -0.05) is 30.9 Å². The smallest absolute Gasteiger partial charge is 0.502 e. The van der Waals surface area contributed by atoms with Crippen LogP contribution in [0.15, 0.2) is 24.3 Å². The molecule has 2 heterocycles. The summed E-state index contributed by atoms with van der Waals surface area (Å²) >= 11 is 0. The number of fused-ring (bicyclic) bond motifs is 1. The molecule has 0 atom stereocenters. The van der Waals surface area contributed by atoms with Crippen molar-refractivity contribution in [2.75, 3.05) is 32.8 Å². The number of rotatable bonds is 4. The van der Waals surface area contributed by atoms with Gasteiger partial charge in [-0.2, -0.15) is 0 Å². The second kappa shape index (κ2) is 4.89. The van der Waals surface area contributed by atoms with Gasteiger partial charge < -0.3 is 13.7 Å². The summed E-state index contributed by atoms with van der Waals surface area (Å²) in [7, 11) is 0. The van der Waals surface area contributed by atoms with Crippen molar-refractivity contribution in [3.63, 3.8) is 0 Å². The molecule has 0 spiro atoms. The Hall–Kier alpha value is -0.905. The molecule has 0 aliphatic carbocycles. The molecule has 2 fully saturated rings. The van der Waals surface area contributed by atoms with E-state index < -0.39 is 6.69 Å². The predicted molar refractivity (Wildman–Crippen MR) is 73.5 cm³/mol. The number of halogens is 1. The summed E-state index contributed by atoms with van der Waals surface area (Å²) < 4.78 is 26.2. The molecule has 2 aliphatic heterocycles. The molecule has 5 heteroatoms. The maximum absolute atomic E-state index is 13.1. The minimum atomic E-state index is -1.47. The average molecular weight is 265 g/mol. The summed E-state index contributed by atoms with van der Waals surface area (Å²) in [6.45, 7) is 5.33. The van der Waals surface area contributed by atoms with Crippen LogP contribution in [0.25, 0.3) is 0 Å². The van der Waals surface area contributed by atoms with Gasteiger partial charge in [-0.3, -0.25) is 0 Å². The molecule has 0 amide bonds. The van der Waals surface area contributed by atoms with E-state index >= 15 is 0 Å². The van der Waals surface area contributed by atoms with E-state index in [1.165, 1.54) is 25.0 Å². The maximum Gasteiger partial charge on any atom is 0.502 e. The van der Waals surface area contributed by atoms with Crippen LogP contribution >= 0.6 is 0 Å². The highest BCUT2D eigenvalue weighted by molar-refractivity contribution is 6.75. The van der Waals surface area contributed by atoms with Crippen LogP contribution in [0.5, 0.6) is 0 Å². The fraction of sp³-hybridized carbons (Fsp3) is 0.571. The van der Waals surface area contributed by atoms with Crippen LogP contribution in [0.3, 0.4) is 0 Å². The van der Waals surface area contributed by atoms with Gasteiger partial charge in [0.15, 0.2) is 0 Å². The molecule has 2 saturated heterocycles. The van der Waals surface area contributed by atoms with Gasteiger partial charge in [-0.15, -0.1) is 0 Å². The summed E-state index contributed by atoms with van der Waals surface area (Å²) in [5, 5.41) is 0. The van der Waals surface area contributed by atoms with Crippen molar-refractivity contribution in [2.45, 2.75) is 19.8 Å². The highest BCUT2D eigenvalue weighted by Gasteiger charge is 2.58. The van der Waals surface area contributed by atoms with E-state index in [0.717, 1.165) is 42.7 Å². The van der Waals surface area contributed by atoms with Gasteiger partial charge in [0.25, 0.3) is 0 Å². The lowest BCUT2D eigenvalue weighted by atomic mass is 9.60. The van der Waals surface area contributed by atoms with Crippen LogP contribution in [0, 0.1) is 5.82 Å². The molecule has 2 aliphatic rings. The van der Waals surface area contributed by atoms with E-state index in [1.54, 1.807) is 0 Å². The lowest BCUT2D eigenvalue weighted by Crippen LogP contribution is -2.69. The lowest BCUT2D eigenvalue weighted by Gasteiger charge is -2.47. The van der Waals surface area contributed by atoms with Gasteiger partial charge in [-0.25, -0.2) is 4.39 Å². The van der Waals surface area contributed by atoms with Crippen LogP contribution < -0.4 is 5.46 Å². The molecule has 0 aromatic heterocycles. The van der Waals surface area contributed by atoms with Gasteiger partial charge in [0.1, 0.15) is 5.82 Å². The fourth-order valence-corrected chi connectivity index (χ4v) is 3.69. The van der Waals surface area contributed by atoms with Gasteiger partial charge in [0.2, 0.25) is 0 Å². The van der Waals surface area contributed by atoms with Crippen LogP contribution in [0.4, 0.5) is 4.39 Å². The normalized spacial score (nSPS) is 33.6. The molecule has 0 bridgehead atoms. The zero-order valence-corrected chi connectivity index (χ0v) is 11.5. The molecular weight excluding hydrogens is 244 g/mol. The molecule has 3 nitrogen and oxygen atoms in total. The van der Waals surface area contributed by atoms with E-state index in [-0.39, 0.29) is 5.82 Å². The summed E-state index contributed by atoms with van der Waals surface area (Å²) in [5.74, 6) is -0.210. The predicted octanol–water partition coefficient (Wildman–Crippen LogP) is 1.65. The molecule has 19 heavy (non-hydrogen) atoms. The van der Waals surface area contributed by atoms with Crippen LogP contribution in [-0.2, 0) is 9.31 Å². The standard InChI is InChI=1S/C14H21BFNO2/c1-2-3-8-17-9-11-18-15(17,19-12-10-17)13-4-6-14(16)7-5-13/h4-7H,2-3,8-12H2,1H3. The van der Waals surface area contributed by atoms with Crippen molar-refractivity contribution in [3.8, 4) is 0 Å². The Bertz CT molecular complexity index is 441. The summed E-state index contributed by atoms with van der Waals surface area (Å²) in [4.78, 5) is 0. The monoisotopic (exact) mass is 265 g/mol. The third kappa shape index (κ3) is 1.92. The Balaban J connectivity index is 1.97. The first-order valence-corrected chi connectivity index (χ1v) is 7.26. The maximum atomic E-state index is 13.1. The number of unbranched alkanes of at least 4 members (excludes halogenated alkanes) is 1. The molecule has 1 aromatic rings. The molecule has 104 valence electrons. The zero-order valence-electron chi connectivity index (χ0n) is 11.5. The second-order valence-electron chi connectivity index (χ2n) is 5.71. The van der Waals surface area contributed by atoms with Crippen molar-refractivity contribution < 1.29 is 18.1 Å². The molecule has 1 aromatic carbocycles. The highest BCUT2D eigenvalue weighted by atomic mass is 19.1. The first-order valence-electron chi connectivity index (χ1n) is 7.26. The number of nitrogens with zero attached hydrogens (tertiary/aromatic N) is 1. The van der Waals surface area contributed by atoms with Crippen molar-refractivity contribution in [1.82, 2.24) is 0 Å². The Morgan fingerprint density at radius 1 is 1.16 bits per heavy atom. The largest absolute Gasteiger partial charge is 0.505 e. The summed E-state index contributed by atoms with van der Waals surface area (Å²) in [5.41, 5.74) is 1.01. The lowest BCUT2D eigenvalue weighted by molar-refractivity contribution is -0.820. The molecule has 0 unspecified atom stereocenters. The highest BCUT2D eigenvalue weighted by Crippen LogP contribution is 2.34. The Labute approximate surface area is 113 Å². The quantitative estimate of drug-likeness (QED) is 0.771. The Kier molecular flexibility index (Phi) is 3.37. The molecule has 0 radical (unpaired) electrons. The third-order valence-corrected chi connectivity index (χ3v) is 4.73. The van der Waals surface area contributed by atoms with Gasteiger partial charge >= 0.3 is 6.69 Å². The van der Waals surface area contributed by atoms with E-state index in [1.807, 2.05) is 12.1 Å². The van der Waals surface area contributed by atoms with Crippen molar-refractivity contribution >= 4 is 12.1 Å². The van der Waals surface area contributed by atoms with Crippen molar-refractivity contribution in [2.24, 2.45) is 0 Å². The van der Waals surface area contributed by atoms with Gasteiger partial charge in [-0.05, 0) is 18.6 Å². The molecule has 3 rings (SSSR count). The Morgan fingerprint density at radius 3 is 2.37 bits per heavy atom. The van der Waals surface area contributed by atoms with Crippen LogP contribution in [0.2, 0.25) is 0 Å². The average Bonchev–Trinajstić information content (AvgIpc) is 2.93. The van der Waals surface area contributed by atoms with Crippen molar-refractivity contribution in [1.29, 1.82) is 0 Å². The van der Waals surface area contributed by atoms with Crippen molar-refractivity contribution in [3.05, 3.63) is 30.1 Å². The van der Waals surface area contributed by atoms with E-state index in [4.69, 9.17) is 9.31 Å². The van der Waals surface area contributed by atoms with E-state index in [9.17, 15) is 4.39 Å². The summed E-state index contributed by atoms with van der Waals surface area (Å²) in [6, 6.07) is 6.66. The molecule has 0 N–H and O–H groups in total. The van der Waals surface area contributed by atoms with Gasteiger partial charge in [0.05, 0.1) is 26.3 Å². The van der Waals surface area contributed by atoms with E-state index in [0.29, 0.717) is 0 Å². The molecule has 0 saturated carbocycles. The third-order valence-electron chi connectivity index (χ3n) is 4.73. The zero-order chi connectivity index (χ0) is 13.3. The first kappa shape index (κ1) is 13.1. The fourth-order valence-electron chi connectivity index (χ4n) is 3.69. The SMILES string of the molecule is CCCC[N+]12CCO[B-]1(c1ccc(F)cc1)OCC2.